The predicted molar refractivity (Wildman–Crippen MR) is 76.7 cm³/mol. The molecule has 1 aliphatic rings. The van der Waals surface area contributed by atoms with Crippen molar-refractivity contribution in [1.82, 2.24) is 5.32 Å². The minimum Gasteiger partial charge on any atom is -0.451 e. The number of carbonyl (C=O) groups excluding carboxylic acids is 3. The molecule has 2 unspecified atom stereocenters. The third-order valence-corrected chi connectivity index (χ3v) is 3.66. The van der Waals surface area contributed by atoms with Crippen molar-refractivity contribution in [2.75, 3.05) is 0 Å². The van der Waals surface area contributed by atoms with E-state index in [4.69, 9.17) is 4.74 Å². The van der Waals surface area contributed by atoms with Crippen LogP contribution in [0.1, 0.15) is 43.2 Å². The fourth-order valence-corrected chi connectivity index (χ4v) is 2.49. The molecular weight excluding hydrogens is 327 g/mol. The summed E-state index contributed by atoms with van der Waals surface area (Å²) in [5, 5.41) is 2.01. The van der Waals surface area contributed by atoms with Crippen LogP contribution in [0.25, 0.3) is 0 Å². The molecule has 130 valence electrons. The SMILES string of the molecule is CCCC(C(=O)OC1CC(=O)NC1=O)c1cccc(C(F)(F)F)c1. The van der Waals surface area contributed by atoms with Crippen molar-refractivity contribution in [1.29, 1.82) is 0 Å². The van der Waals surface area contributed by atoms with Crippen molar-refractivity contribution in [2.24, 2.45) is 0 Å². The van der Waals surface area contributed by atoms with Crippen LogP contribution in [0.4, 0.5) is 13.2 Å². The first-order valence-electron chi connectivity index (χ1n) is 7.43. The van der Waals surface area contributed by atoms with Gasteiger partial charge >= 0.3 is 12.1 Å². The lowest BCUT2D eigenvalue weighted by atomic mass is 9.93. The van der Waals surface area contributed by atoms with E-state index in [1.807, 2.05) is 5.32 Å². The number of amides is 2. The first kappa shape index (κ1) is 18.0. The Labute approximate surface area is 136 Å². The van der Waals surface area contributed by atoms with E-state index in [1.165, 1.54) is 12.1 Å². The molecule has 24 heavy (non-hydrogen) atoms. The molecule has 1 aliphatic heterocycles. The highest BCUT2D eigenvalue weighted by atomic mass is 19.4. The third-order valence-electron chi connectivity index (χ3n) is 3.66. The second kappa shape index (κ2) is 7.02. The van der Waals surface area contributed by atoms with Gasteiger partial charge in [0.05, 0.1) is 17.9 Å². The van der Waals surface area contributed by atoms with Crippen molar-refractivity contribution in [2.45, 2.75) is 44.4 Å². The van der Waals surface area contributed by atoms with Gasteiger partial charge in [0.2, 0.25) is 5.91 Å². The van der Waals surface area contributed by atoms with Gasteiger partial charge in [-0.1, -0.05) is 31.5 Å². The van der Waals surface area contributed by atoms with Crippen LogP contribution in [0.3, 0.4) is 0 Å². The number of ether oxygens (including phenoxy) is 1. The number of carbonyl (C=O) groups is 3. The number of hydrogen-bond acceptors (Lipinski definition) is 4. The van der Waals surface area contributed by atoms with E-state index in [0.717, 1.165) is 12.1 Å². The van der Waals surface area contributed by atoms with Gasteiger partial charge in [-0.25, -0.2) is 0 Å². The Morgan fingerprint density at radius 1 is 1.38 bits per heavy atom. The number of halogens is 3. The number of rotatable bonds is 5. The summed E-state index contributed by atoms with van der Waals surface area (Å²) in [6.45, 7) is 1.78. The van der Waals surface area contributed by atoms with Crippen LogP contribution in [0.2, 0.25) is 0 Å². The van der Waals surface area contributed by atoms with Gasteiger partial charge in [-0.05, 0) is 18.1 Å². The second-order valence-electron chi connectivity index (χ2n) is 5.51. The topological polar surface area (TPSA) is 72.5 Å². The predicted octanol–water partition coefficient (Wildman–Crippen LogP) is 2.55. The molecule has 0 bridgehead atoms. The molecule has 1 aromatic rings. The Balaban J connectivity index is 2.21. The minimum absolute atomic E-state index is 0.168. The maximum absolute atomic E-state index is 12.8. The van der Waals surface area contributed by atoms with Crippen LogP contribution in [-0.2, 0) is 25.3 Å². The van der Waals surface area contributed by atoms with Gasteiger partial charge in [0.15, 0.2) is 6.10 Å². The molecule has 0 aromatic heterocycles. The van der Waals surface area contributed by atoms with E-state index in [2.05, 4.69) is 0 Å². The fraction of sp³-hybridized carbons (Fsp3) is 0.438. The Kier molecular flexibility index (Phi) is 5.26. The lowest BCUT2D eigenvalue weighted by molar-refractivity contribution is -0.155. The molecule has 5 nitrogen and oxygen atoms in total. The van der Waals surface area contributed by atoms with Crippen LogP contribution in [0.5, 0.6) is 0 Å². The monoisotopic (exact) mass is 343 g/mol. The van der Waals surface area contributed by atoms with Gasteiger partial charge < -0.3 is 4.74 Å². The third kappa shape index (κ3) is 4.12. The molecule has 2 atom stereocenters. The molecule has 1 aromatic carbocycles. The summed E-state index contributed by atoms with van der Waals surface area (Å²) < 4.78 is 43.5. The minimum atomic E-state index is -4.52. The average Bonchev–Trinajstić information content (AvgIpc) is 2.81. The quantitative estimate of drug-likeness (QED) is 0.659. The zero-order chi connectivity index (χ0) is 17.9. The fourth-order valence-electron chi connectivity index (χ4n) is 2.49. The Hall–Kier alpha value is -2.38. The van der Waals surface area contributed by atoms with Gasteiger partial charge in [-0.15, -0.1) is 0 Å². The molecule has 8 heteroatoms. The summed E-state index contributed by atoms with van der Waals surface area (Å²) in [5.41, 5.74) is -0.691. The summed E-state index contributed by atoms with van der Waals surface area (Å²) in [6.07, 6.45) is -5.22. The van der Waals surface area contributed by atoms with Gasteiger partial charge in [-0.3, -0.25) is 19.7 Å². The summed E-state index contributed by atoms with van der Waals surface area (Å²) in [5.74, 6) is -3.01. The maximum atomic E-state index is 12.8. The van der Waals surface area contributed by atoms with Crippen molar-refractivity contribution < 1.29 is 32.3 Å². The van der Waals surface area contributed by atoms with E-state index < -0.39 is 41.5 Å². The highest BCUT2D eigenvalue weighted by molar-refractivity contribution is 6.05. The summed E-state index contributed by atoms with van der Waals surface area (Å²) in [6, 6.07) is 4.46. The zero-order valence-electron chi connectivity index (χ0n) is 12.9. The van der Waals surface area contributed by atoms with E-state index in [9.17, 15) is 27.6 Å². The number of alkyl halides is 3. The Morgan fingerprint density at radius 3 is 2.62 bits per heavy atom. The van der Waals surface area contributed by atoms with Crippen molar-refractivity contribution in [3.8, 4) is 0 Å². The average molecular weight is 343 g/mol. The lowest BCUT2D eigenvalue weighted by Gasteiger charge is -2.19. The zero-order valence-corrected chi connectivity index (χ0v) is 12.9. The van der Waals surface area contributed by atoms with E-state index >= 15 is 0 Å². The lowest BCUT2D eigenvalue weighted by Crippen LogP contribution is -2.30. The molecule has 0 radical (unpaired) electrons. The van der Waals surface area contributed by atoms with Crippen LogP contribution < -0.4 is 5.32 Å². The number of esters is 1. The van der Waals surface area contributed by atoms with Gasteiger partial charge in [-0.2, -0.15) is 13.2 Å². The smallest absolute Gasteiger partial charge is 0.416 e. The van der Waals surface area contributed by atoms with Gasteiger partial charge in [0, 0.05) is 0 Å². The van der Waals surface area contributed by atoms with Crippen molar-refractivity contribution in [3.63, 3.8) is 0 Å². The van der Waals surface area contributed by atoms with E-state index in [-0.39, 0.29) is 18.4 Å². The number of hydrogen-bond donors (Lipinski definition) is 1. The highest BCUT2D eigenvalue weighted by Gasteiger charge is 2.36. The van der Waals surface area contributed by atoms with Crippen molar-refractivity contribution >= 4 is 17.8 Å². The second-order valence-corrected chi connectivity index (χ2v) is 5.51. The Morgan fingerprint density at radius 2 is 2.08 bits per heavy atom. The molecule has 1 heterocycles. The summed E-state index contributed by atoms with van der Waals surface area (Å²) in [4.78, 5) is 34.9. The summed E-state index contributed by atoms with van der Waals surface area (Å²) in [7, 11) is 0. The molecule has 0 spiro atoms. The Bertz CT molecular complexity index is 657. The van der Waals surface area contributed by atoms with Crippen molar-refractivity contribution in [3.05, 3.63) is 35.4 Å². The molecular formula is C16H16F3NO4. The van der Waals surface area contributed by atoms with Gasteiger partial charge in [0.25, 0.3) is 5.91 Å². The molecule has 1 N–H and O–H groups in total. The molecule has 2 amide bonds. The van der Waals surface area contributed by atoms with Crippen LogP contribution in [0.15, 0.2) is 24.3 Å². The van der Waals surface area contributed by atoms with Crippen LogP contribution in [0, 0.1) is 0 Å². The number of benzene rings is 1. The molecule has 1 saturated heterocycles. The largest absolute Gasteiger partial charge is 0.451 e. The first-order valence-corrected chi connectivity index (χ1v) is 7.43. The van der Waals surface area contributed by atoms with Crippen LogP contribution >= 0.6 is 0 Å². The molecule has 0 aliphatic carbocycles. The van der Waals surface area contributed by atoms with Crippen LogP contribution in [-0.4, -0.2) is 23.9 Å². The number of imide groups is 1. The highest BCUT2D eigenvalue weighted by Crippen LogP contribution is 2.32. The molecule has 0 saturated carbocycles. The van der Waals surface area contributed by atoms with Gasteiger partial charge in [0.1, 0.15) is 0 Å². The molecule has 1 fully saturated rings. The first-order chi connectivity index (χ1) is 11.2. The molecule has 2 rings (SSSR count). The van der Waals surface area contributed by atoms with E-state index in [1.54, 1.807) is 6.92 Å². The summed E-state index contributed by atoms with van der Waals surface area (Å²) >= 11 is 0. The van der Waals surface area contributed by atoms with E-state index in [0.29, 0.717) is 6.42 Å². The standard InChI is InChI=1S/C16H16F3NO4/c1-2-4-11(9-5-3-6-10(7-9)16(17,18)19)15(23)24-12-8-13(21)20-14(12)22/h3,5-7,11-12H,2,4,8H2,1H3,(H,20,21,22). The normalized spacial score (nSPS) is 19.1. The number of nitrogens with one attached hydrogen (secondary N) is 1. The maximum Gasteiger partial charge on any atom is 0.416 e.